The van der Waals surface area contributed by atoms with Gasteiger partial charge in [0.2, 0.25) is 0 Å². The van der Waals surface area contributed by atoms with Crippen LogP contribution in [0.1, 0.15) is 6.92 Å². The molecule has 222 valence electrons. The fourth-order valence-corrected chi connectivity index (χ4v) is 5.25. The molecule has 2 N–H and O–H groups in total. The van der Waals surface area contributed by atoms with E-state index >= 15 is 4.39 Å². The van der Waals surface area contributed by atoms with Gasteiger partial charge in [0.15, 0.2) is 5.83 Å². The quantitative estimate of drug-likeness (QED) is 0.344. The van der Waals surface area contributed by atoms with Crippen molar-refractivity contribution in [3.05, 3.63) is 59.4 Å². The van der Waals surface area contributed by atoms with Crippen molar-refractivity contribution in [2.24, 2.45) is 5.41 Å². The van der Waals surface area contributed by atoms with Crippen LogP contribution in [0.15, 0.2) is 48.6 Å². The largest absolute Gasteiger partial charge is 0.491 e. The zero-order chi connectivity index (χ0) is 29.3. The summed E-state index contributed by atoms with van der Waals surface area (Å²) in [7, 11) is 0. The van der Waals surface area contributed by atoms with E-state index in [1.165, 1.54) is 30.6 Å². The Hall–Kier alpha value is -3.42. The van der Waals surface area contributed by atoms with E-state index < -0.39 is 17.6 Å². The molecule has 1 amide bonds. The van der Waals surface area contributed by atoms with Gasteiger partial charge in [0.1, 0.15) is 23.7 Å². The smallest absolute Gasteiger partial charge is 0.284 e. The Balaban J connectivity index is 1.24. The number of nitrogens with one attached hydrogen (secondary N) is 2. The standard InChI is InChI=1S/C29H30ClF2N5O5/c1-29(13-39-14-29)15-42-24-10-22-18(27(34-16-33-22)35-17-2-3-20(31)19(30)8-17)9-23(24)36-28(38)21(32)4-5-37-11-25-26(12-37)41-7-6-40-25/h2-4,8-10,16,25-26H,5-7,11-15H2,1H3,(H,36,38)(H,33,34,35). The second kappa shape index (κ2) is 12.1. The van der Waals surface area contributed by atoms with E-state index in [0.717, 1.165) is 0 Å². The predicted molar refractivity (Wildman–Crippen MR) is 152 cm³/mol. The zero-order valence-electron chi connectivity index (χ0n) is 22.9. The van der Waals surface area contributed by atoms with E-state index in [0.29, 0.717) is 74.3 Å². The third kappa shape index (κ3) is 6.32. The van der Waals surface area contributed by atoms with Gasteiger partial charge < -0.3 is 29.6 Å². The van der Waals surface area contributed by atoms with Crippen molar-refractivity contribution in [2.45, 2.75) is 19.1 Å². The van der Waals surface area contributed by atoms with Gasteiger partial charge in [0, 0.05) is 42.2 Å². The molecule has 3 saturated heterocycles. The van der Waals surface area contributed by atoms with E-state index in [1.807, 2.05) is 11.8 Å². The maximum atomic E-state index is 15.1. The van der Waals surface area contributed by atoms with E-state index in [2.05, 4.69) is 20.6 Å². The van der Waals surface area contributed by atoms with Crippen LogP contribution in [0.4, 0.5) is 26.0 Å². The number of rotatable bonds is 9. The average Bonchev–Trinajstić information content (AvgIpc) is 3.39. The second-order valence-corrected chi connectivity index (χ2v) is 11.4. The molecule has 1 aromatic heterocycles. The number of carbonyl (C=O) groups is 1. The number of aromatic nitrogens is 2. The molecule has 6 rings (SSSR count). The fourth-order valence-electron chi connectivity index (χ4n) is 5.07. The molecule has 4 heterocycles. The molecule has 0 saturated carbocycles. The van der Waals surface area contributed by atoms with E-state index in [4.69, 9.17) is 30.5 Å². The number of hydrogen-bond acceptors (Lipinski definition) is 9. The normalized spacial score (nSPS) is 22.0. The van der Waals surface area contributed by atoms with Crippen molar-refractivity contribution < 1.29 is 32.5 Å². The number of amides is 1. The monoisotopic (exact) mass is 601 g/mol. The van der Waals surface area contributed by atoms with Gasteiger partial charge in [-0.05, 0) is 30.3 Å². The first-order valence-corrected chi connectivity index (χ1v) is 14.0. The molecule has 0 spiro atoms. The van der Waals surface area contributed by atoms with Gasteiger partial charge >= 0.3 is 0 Å². The van der Waals surface area contributed by atoms with Gasteiger partial charge in [-0.2, -0.15) is 0 Å². The molecular formula is C29H30ClF2N5O5. The minimum Gasteiger partial charge on any atom is -0.491 e. The van der Waals surface area contributed by atoms with Crippen molar-refractivity contribution in [1.29, 1.82) is 0 Å². The molecule has 13 heteroatoms. The van der Waals surface area contributed by atoms with Crippen LogP contribution < -0.4 is 15.4 Å². The minimum absolute atomic E-state index is 0.0415. The highest BCUT2D eigenvalue weighted by atomic mass is 35.5. The van der Waals surface area contributed by atoms with E-state index in [9.17, 15) is 9.18 Å². The van der Waals surface area contributed by atoms with Crippen molar-refractivity contribution in [2.75, 3.05) is 63.3 Å². The highest BCUT2D eigenvalue weighted by Gasteiger charge is 2.36. The molecule has 0 radical (unpaired) electrons. The van der Waals surface area contributed by atoms with Gasteiger partial charge in [-0.25, -0.2) is 18.7 Å². The molecule has 3 aromatic rings. The summed E-state index contributed by atoms with van der Waals surface area (Å²) in [4.78, 5) is 23.6. The molecule has 42 heavy (non-hydrogen) atoms. The SMILES string of the molecule is CC1(COc2cc3ncnc(Nc4ccc(F)c(Cl)c4)c3cc2NC(=O)C(F)=CCN2CC3OCCOC3C2)COC1. The van der Waals surface area contributed by atoms with Gasteiger partial charge in [0.25, 0.3) is 5.91 Å². The van der Waals surface area contributed by atoms with Gasteiger partial charge in [-0.3, -0.25) is 9.69 Å². The number of nitrogens with zero attached hydrogens (tertiary/aromatic N) is 3. The fraction of sp³-hybridized carbons (Fsp3) is 0.414. The summed E-state index contributed by atoms with van der Waals surface area (Å²) < 4.78 is 51.6. The summed E-state index contributed by atoms with van der Waals surface area (Å²) in [5.41, 5.74) is 1.07. The van der Waals surface area contributed by atoms with Crippen molar-refractivity contribution >= 4 is 45.6 Å². The molecule has 2 aromatic carbocycles. The summed E-state index contributed by atoms with van der Waals surface area (Å²) in [5, 5.41) is 6.21. The Kier molecular flexibility index (Phi) is 8.24. The van der Waals surface area contributed by atoms with Gasteiger partial charge in [-0.15, -0.1) is 0 Å². The van der Waals surface area contributed by atoms with E-state index in [1.54, 1.807) is 12.1 Å². The van der Waals surface area contributed by atoms with E-state index in [-0.39, 0.29) is 34.9 Å². The second-order valence-electron chi connectivity index (χ2n) is 11.0. The van der Waals surface area contributed by atoms with Crippen LogP contribution in [0.2, 0.25) is 5.02 Å². The number of hydrogen-bond donors (Lipinski definition) is 2. The number of benzene rings is 2. The van der Waals surface area contributed by atoms with Crippen LogP contribution in [-0.2, 0) is 19.0 Å². The number of likely N-dealkylation sites (tertiary alicyclic amines) is 1. The highest BCUT2D eigenvalue weighted by Crippen LogP contribution is 2.36. The third-order valence-electron chi connectivity index (χ3n) is 7.43. The Bertz CT molecular complexity index is 1510. The number of halogens is 3. The number of fused-ring (bicyclic) bond motifs is 2. The highest BCUT2D eigenvalue weighted by molar-refractivity contribution is 6.31. The first-order chi connectivity index (χ1) is 20.3. The summed E-state index contributed by atoms with van der Waals surface area (Å²) in [6, 6.07) is 7.46. The van der Waals surface area contributed by atoms with Crippen LogP contribution >= 0.6 is 11.6 Å². The molecule has 0 bridgehead atoms. The molecule has 2 unspecified atom stereocenters. The molecule has 3 fully saturated rings. The zero-order valence-corrected chi connectivity index (χ0v) is 23.6. The summed E-state index contributed by atoms with van der Waals surface area (Å²) in [6.07, 6.45) is 2.53. The third-order valence-corrected chi connectivity index (χ3v) is 7.72. The van der Waals surface area contributed by atoms with Crippen molar-refractivity contribution in [3.63, 3.8) is 0 Å². The van der Waals surface area contributed by atoms with Crippen molar-refractivity contribution in [3.8, 4) is 5.75 Å². The summed E-state index contributed by atoms with van der Waals surface area (Å²) in [5.74, 6) is -1.70. The van der Waals surface area contributed by atoms with Crippen molar-refractivity contribution in [1.82, 2.24) is 14.9 Å². The topological polar surface area (TPSA) is 107 Å². The molecular weight excluding hydrogens is 572 g/mol. The molecule has 3 aliphatic rings. The molecule has 0 aliphatic carbocycles. The Morgan fingerprint density at radius 2 is 1.95 bits per heavy atom. The van der Waals surface area contributed by atoms with Crippen LogP contribution in [-0.4, -0.2) is 85.7 Å². The first-order valence-electron chi connectivity index (χ1n) is 13.6. The van der Waals surface area contributed by atoms with Gasteiger partial charge in [-0.1, -0.05) is 18.5 Å². The Labute approximate surface area is 245 Å². The van der Waals surface area contributed by atoms with Gasteiger partial charge in [0.05, 0.1) is 61.5 Å². The van der Waals surface area contributed by atoms with Crippen LogP contribution in [0, 0.1) is 11.2 Å². The Morgan fingerprint density at radius 1 is 1.19 bits per heavy atom. The summed E-state index contributed by atoms with van der Waals surface area (Å²) in [6.45, 7) is 5.99. The number of carbonyl (C=O) groups excluding carboxylic acids is 1. The summed E-state index contributed by atoms with van der Waals surface area (Å²) >= 11 is 5.94. The maximum Gasteiger partial charge on any atom is 0.284 e. The maximum absolute atomic E-state index is 15.1. The van der Waals surface area contributed by atoms with Crippen LogP contribution in [0.5, 0.6) is 5.75 Å². The first kappa shape index (κ1) is 28.7. The molecule has 3 aliphatic heterocycles. The lowest BCUT2D eigenvalue weighted by Gasteiger charge is -2.37. The van der Waals surface area contributed by atoms with Crippen LogP contribution in [0.3, 0.4) is 0 Å². The van der Waals surface area contributed by atoms with Crippen LogP contribution in [0.25, 0.3) is 10.9 Å². The lowest BCUT2D eigenvalue weighted by atomic mass is 9.90. The molecule has 2 atom stereocenters. The average molecular weight is 602 g/mol. The molecule has 10 nitrogen and oxygen atoms in total. The number of anilines is 3. The predicted octanol–water partition coefficient (Wildman–Crippen LogP) is 4.47. The lowest BCUT2D eigenvalue weighted by Crippen LogP contribution is -2.44. The Morgan fingerprint density at radius 3 is 2.64 bits per heavy atom. The lowest BCUT2D eigenvalue weighted by molar-refractivity contribution is -0.120. The number of ether oxygens (including phenoxy) is 4. The minimum atomic E-state index is -0.930.